The Hall–Kier alpha value is -0.900. The third-order valence-corrected chi connectivity index (χ3v) is 3.70. The molecule has 0 aliphatic carbocycles. The highest BCUT2D eigenvalue weighted by Gasteiger charge is 2.24. The molecule has 2 unspecified atom stereocenters. The molecule has 0 bridgehead atoms. The van der Waals surface area contributed by atoms with Crippen molar-refractivity contribution in [1.29, 1.82) is 0 Å². The highest BCUT2D eigenvalue weighted by molar-refractivity contribution is 5.25. The lowest BCUT2D eigenvalue weighted by Crippen LogP contribution is -2.41. The summed E-state index contributed by atoms with van der Waals surface area (Å²) in [5.41, 5.74) is 8.88. The number of aliphatic hydroxyl groups is 1. The van der Waals surface area contributed by atoms with E-state index in [4.69, 9.17) is 10.8 Å². The van der Waals surface area contributed by atoms with Gasteiger partial charge in [0.1, 0.15) is 0 Å². The van der Waals surface area contributed by atoms with Gasteiger partial charge in [0.2, 0.25) is 0 Å². The number of aliphatic hydroxyl groups excluding tert-OH is 1. The molecular weight excluding hydrogens is 236 g/mol. The zero-order chi connectivity index (χ0) is 14.3. The van der Waals surface area contributed by atoms with Gasteiger partial charge in [-0.3, -0.25) is 4.90 Å². The number of nitrogens with two attached hydrogens (primary N) is 1. The van der Waals surface area contributed by atoms with Gasteiger partial charge in [0.15, 0.2) is 0 Å². The minimum atomic E-state index is 0.126. The first kappa shape index (κ1) is 16.2. The Labute approximate surface area is 117 Å². The normalized spacial score (nSPS) is 14.6. The molecule has 0 saturated heterocycles. The molecule has 0 spiro atoms. The number of hydrogen-bond donors (Lipinski definition) is 2. The van der Waals surface area contributed by atoms with Crippen LogP contribution in [0.5, 0.6) is 0 Å². The van der Waals surface area contributed by atoms with Gasteiger partial charge in [0.05, 0.1) is 0 Å². The third kappa shape index (κ3) is 4.60. The second kappa shape index (κ2) is 8.31. The maximum Gasteiger partial charge on any atom is 0.0498 e. The molecule has 0 fully saturated rings. The van der Waals surface area contributed by atoms with E-state index in [0.717, 1.165) is 25.9 Å². The Bertz CT molecular complexity index is 350. The first-order chi connectivity index (χ1) is 9.13. The minimum Gasteiger partial charge on any atom is -0.396 e. The predicted octanol–water partition coefficient (Wildman–Crippen LogP) is 2.48. The molecular formula is C16H28N2O. The van der Waals surface area contributed by atoms with Crippen molar-refractivity contribution in [1.82, 2.24) is 4.90 Å². The van der Waals surface area contributed by atoms with Gasteiger partial charge in [-0.15, -0.1) is 0 Å². The summed E-state index contributed by atoms with van der Waals surface area (Å²) in [4.78, 5) is 2.37. The minimum absolute atomic E-state index is 0.126. The maximum absolute atomic E-state index is 9.04. The fourth-order valence-corrected chi connectivity index (χ4v) is 2.48. The molecule has 3 heteroatoms. The molecule has 3 N–H and O–H groups in total. The van der Waals surface area contributed by atoms with Gasteiger partial charge in [-0.05, 0) is 31.9 Å². The van der Waals surface area contributed by atoms with Gasteiger partial charge >= 0.3 is 0 Å². The van der Waals surface area contributed by atoms with Crippen LogP contribution >= 0.6 is 0 Å². The average Bonchev–Trinajstić information content (AvgIpc) is 2.44. The zero-order valence-electron chi connectivity index (χ0n) is 12.5. The number of rotatable bonds is 8. The summed E-state index contributed by atoms with van der Waals surface area (Å²) in [6.45, 7) is 8.46. The van der Waals surface area contributed by atoms with Crippen LogP contribution in [0, 0.1) is 6.92 Å². The van der Waals surface area contributed by atoms with Crippen LogP contribution in [-0.2, 0) is 0 Å². The van der Waals surface area contributed by atoms with Crippen molar-refractivity contribution in [2.75, 3.05) is 19.7 Å². The van der Waals surface area contributed by atoms with Crippen molar-refractivity contribution < 1.29 is 5.11 Å². The lowest BCUT2D eigenvalue weighted by atomic mass is 9.95. The summed E-state index contributed by atoms with van der Waals surface area (Å²) >= 11 is 0. The second-order valence-corrected chi connectivity index (χ2v) is 5.13. The van der Waals surface area contributed by atoms with Crippen molar-refractivity contribution in [3.63, 3.8) is 0 Å². The van der Waals surface area contributed by atoms with Crippen molar-refractivity contribution in [3.8, 4) is 0 Å². The van der Waals surface area contributed by atoms with Gasteiger partial charge in [0.25, 0.3) is 0 Å². The predicted molar refractivity (Wildman–Crippen MR) is 81.1 cm³/mol. The molecule has 1 rings (SSSR count). The molecule has 0 saturated carbocycles. The third-order valence-electron chi connectivity index (χ3n) is 3.70. The lowest BCUT2D eigenvalue weighted by Gasteiger charge is -2.35. The van der Waals surface area contributed by atoms with E-state index in [1.807, 2.05) is 0 Å². The monoisotopic (exact) mass is 264 g/mol. The summed E-state index contributed by atoms with van der Waals surface area (Å²) in [7, 11) is 0. The molecule has 108 valence electrons. The standard InChI is InChI=1S/C16H28N2O/c1-4-15(17)16(18(5-2)11-6-12-19)14-9-7-13(3)8-10-14/h7-10,15-16,19H,4-6,11-12,17H2,1-3H3. The molecule has 0 aliphatic rings. The van der Waals surface area contributed by atoms with E-state index in [-0.39, 0.29) is 18.7 Å². The van der Waals surface area contributed by atoms with Crippen molar-refractivity contribution in [2.45, 2.75) is 45.7 Å². The molecule has 3 nitrogen and oxygen atoms in total. The quantitative estimate of drug-likeness (QED) is 0.758. The molecule has 0 aliphatic heterocycles. The number of aryl methyl sites for hydroxylation is 1. The molecule has 1 aromatic rings. The summed E-state index contributed by atoms with van der Waals surface area (Å²) in [5, 5.41) is 9.04. The molecule has 1 aromatic carbocycles. The molecule has 0 radical (unpaired) electrons. The number of likely N-dealkylation sites (N-methyl/N-ethyl adjacent to an activating group) is 1. The second-order valence-electron chi connectivity index (χ2n) is 5.13. The smallest absolute Gasteiger partial charge is 0.0498 e. The molecule has 0 heterocycles. The van der Waals surface area contributed by atoms with E-state index in [0.29, 0.717) is 0 Å². The highest BCUT2D eigenvalue weighted by Crippen LogP contribution is 2.25. The zero-order valence-corrected chi connectivity index (χ0v) is 12.5. The molecule has 2 atom stereocenters. The van der Waals surface area contributed by atoms with Gasteiger partial charge in [-0.25, -0.2) is 0 Å². The Morgan fingerprint density at radius 2 is 1.84 bits per heavy atom. The largest absolute Gasteiger partial charge is 0.396 e. The van der Waals surface area contributed by atoms with E-state index in [2.05, 4.69) is 49.9 Å². The average molecular weight is 264 g/mol. The first-order valence-corrected chi connectivity index (χ1v) is 7.31. The Balaban J connectivity index is 2.95. The molecule has 19 heavy (non-hydrogen) atoms. The van der Waals surface area contributed by atoms with Crippen LogP contribution in [0.2, 0.25) is 0 Å². The van der Waals surface area contributed by atoms with Crippen LogP contribution < -0.4 is 5.73 Å². The van der Waals surface area contributed by atoms with Gasteiger partial charge < -0.3 is 10.8 Å². The van der Waals surface area contributed by atoms with Crippen LogP contribution in [-0.4, -0.2) is 35.7 Å². The first-order valence-electron chi connectivity index (χ1n) is 7.31. The summed E-state index contributed by atoms with van der Waals surface area (Å²) in [6.07, 6.45) is 1.75. The Kier molecular flexibility index (Phi) is 7.06. The van der Waals surface area contributed by atoms with Gasteiger partial charge in [-0.1, -0.05) is 43.7 Å². The fraction of sp³-hybridized carbons (Fsp3) is 0.625. The van der Waals surface area contributed by atoms with E-state index < -0.39 is 0 Å². The highest BCUT2D eigenvalue weighted by atomic mass is 16.3. The number of nitrogens with zero attached hydrogens (tertiary/aromatic N) is 1. The molecule has 0 aromatic heterocycles. The van der Waals surface area contributed by atoms with Crippen LogP contribution in [0.25, 0.3) is 0 Å². The summed E-state index contributed by atoms with van der Waals surface area (Å²) < 4.78 is 0. The van der Waals surface area contributed by atoms with Crippen molar-refractivity contribution in [3.05, 3.63) is 35.4 Å². The Morgan fingerprint density at radius 1 is 1.21 bits per heavy atom. The van der Waals surface area contributed by atoms with Crippen LogP contribution in [0.15, 0.2) is 24.3 Å². The topological polar surface area (TPSA) is 49.5 Å². The molecule has 0 amide bonds. The van der Waals surface area contributed by atoms with Crippen LogP contribution in [0.4, 0.5) is 0 Å². The van der Waals surface area contributed by atoms with Gasteiger partial charge in [-0.2, -0.15) is 0 Å². The van der Waals surface area contributed by atoms with Crippen molar-refractivity contribution >= 4 is 0 Å². The van der Waals surface area contributed by atoms with Crippen LogP contribution in [0.3, 0.4) is 0 Å². The van der Waals surface area contributed by atoms with Crippen LogP contribution in [0.1, 0.15) is 43.9 Å². The number of hydrogen-bond acceptors (Lipinski definition) is 3. The van der Waals surface area contributed by atoms with E-state index in [9.17, 15) is 0 Å². The van der Waals surface area contributed by atoms with E-state index >= 15 is 0 Å². The Morgan fingerprint density at radius 3 is 2.32 bits per heavy atom. The maximum atomic E-state index is 9.04. The van der Waals surface area contributed by atoms with E-state index in [1.165, 1.54) is 11.1 Å². The number of benzene rings is 1. The summed E-state index contributed by atoms with van der Waals surface area (Å²) in [5.74, 6) is 0. The lowest BCUT2D eigenvalue weighted by molar-refractivity contribution is 0.159. The summed E-state index contributed by atoms with van der Waals surface area (Å²) in [6, 6.07) is 9.01. The SMILES string of the molecule is CCC(N)C(c1ccc(C)cc1)N(CC)CCCO. The van der Waals surface area contributed by atoms with Crippen molar-refractivity contribution in [2.24, 2.45) is 5.73 Å². The van der Waals surface area contributed by atoms with E-state index in [1.54, 1.807) is 0 Å². The van der Waals surface area contributed by atoms with Gasteiger partial charge in [0, 0.05) is 25.2 Å². The fourth-order valence-electron chi connectivity index (χ4n) is 2.48.